The Kier molecular flexibility index (Phi) is 7.01. The van der Waals surface area contributed by atoms with Crippen molar-refractivity contribution in [1.82, 2.24) is 4.72 Å². The zero-order valence-corrected chi connectivity index (χ0v) is 23.1. The van der Waals surface area contributed by atoms with Crippen molar-refractivity contribution < 1.29 is 34.8 Å². The Morgan fingerprint density at radius 3 is 2.34 bits per heavy atom. The van der Waals surface area contributed by atoms with Crippen LogP contribution in [0.15, 0.2) is 51.8 Å². The molecule has 1 heterocycles. The monoisotopic (exact) mass is 582 g/mol. The highest BCUT2D eigenvalue weighted by molar-refractivity contribution is 7.92. The maximum Gasteiger partial charge on any atom is 0.286 e. The molecule has 2 unspecified atom stereocenters. The molecule has 38 heavy (non-hydrogen) atoms. The van der Waals surface area contributed by atoms with E-state index in [1.54, 1.807) is 12.1 Å². The molecular formula is C23H26N4O8S3. The molecule has 0 spiro atoms. The summed E-state index contributed by atoms with van der Waals surface area (Å²) >= 11 is 0. The van der Waals surface area contributed by atoms with Gasteiger partial charge in [0.2, 0.25) is 20.0 Å². The topological polar surface area (TPSA) is 185 Å². The molecule has 0 saturated carbocycles. The third-order valence-electron chi connectivity index (χ3n) is 6.18. The fourth-order valence-electron chi connectivity index (χ4n) is 4.73. The van der Waals surface area contributed by atoms with Crippen LogP contribution in [0.1, 0.15) is 42.1 Å². The minimum absolute atomic E-state index is 0.0232. The summed E-state index contributed by atoms with van der Waals surface area (Å²) < 4.78 is 82.6. The van der Waals surface area contributed by atoms with Crippen LogP contribution in [0.4, 0.5) is 11.4 Å². The largest absolute Gasteiger partial charge is 0.341 e. The van der Waals surface area contributed by atoms with Crippen molar-refractivity contribution in [2.24, 2.45) is 10.3 Å². The number of carbonyl (C=O) groups excluding carboxylic acids is 2. The molecule has 2 aromatic rings. The summed E-state index contributed by atoms with van der Waals surface area (Å²) in [5.41, 5.74) is -1.60. The van der Waals surface area contributed by atoms with E-state index in [1.165, 1.54) is 24.3 Å². The van der Waals surface area contributed by atoms with Gasteiger partial charge in [-0.15, -0.1) is 4.40 Å². The van der Waals surface area contributed by atoms with E-state index in [-0.39, 0.29) is 33.8 Å². The van der Waals surface area contributed by atoms with Gasteiger partial charge < -0.3 is 5.32 Å². The zero-order valence-electron chi connectivity index (χ0n) is 20.7. The second kappa shape index (κ2) is 9.55. The third-order valence-corrected chi connectivity index (χ3v) is 8.84. The van der Waals surface area contributed by atoms with Crippen LogP contribution >= 0.6 is 0 Å². The summed E-state index contributed by atoms with van der Waals surface area (Å²) in [4.78, 5) is 27.3. The first-order valence-electron chi connectivity index (χ1n) is 11.5. The number of sulfonamides is 3. The number of benzene rings is 2. The van der Waals surface area contributed by atoms with Gasteiger partial charge in [-0.05, 0) is 30.2 Å². The number of unbranched alkanes of at least 4 members (excludes halogenated alkanes) is 1. The van der Waals surface area contributed by atoms with Crippen molar-refractivity contribution in [2.75, 3.05) is 22.6 Å². The predicted molar refractivity (Wildman–Crippen MR) is 142 cm³/mol. The van der Waals surface area contributed by atoms with Gasteiger partial charge in [0.15, 0.2) is 11.6 Å². The van der Waals surface area contributed by atoms with Crippen LogP contribution in [0.2, 0.25) is 0 Å². The number of carbonyl (C=O) groups is 2. The fourth-order valence-corrected chi connectivity index (χ4v) is 7.41. The highest BCUT2D eigenvalue weighted by Crippen LogP contribution is 2.42. The number of hydrogen-bond acceptors (Lipinski definition) is 9. The maximum atomic E-state index is 14.1. The molecule has 15 heteroatoms. The van der Waals surface area contributed by atoms with E-state index in [1.807, 2.05) is 6.92 Å². The quantitative estimate of drug-likeness (QED) is 0.389. The first-order chi connectivity index (χ1) is 17.6. The SMILES string of the molecule is CCCCC1(NS(C)(=O)=O)C(=O)C(C2=NS(=O)(=O)c3cc(NS(C)(=O)=O)ccc3N2)C(=O)c2ccccc21. The summed E-state index contributed by atoms with van der Waals surface area (Å²) in [6.45, 7) is 1.86. The van der Waals surface area contributed by atoms with E-state index >= 15 is 0 Å². The molecule has 4 rings (SSSR count). The molecule has 12 nitrogen and oxygen atoms in total. The molecular weight excluding hydrogens is 556 g/mol. The van der Waals surface area contributed by atoms with Gasteiger partial charge >= 0.3 is 0 Å². The standard InChI is InChI=1S/C23H26N4O8S3/c1-4-5-12-23(27-37(3,32)33)16-9-7-6-8-15(16)20(28)19(21(23)29)22-24-17-11-10-14(25-36(2,30)31)13-18(17)38(34,35)26-22/h6-11,13,19,25,27H,4-5,12H2,1-3H3,(H,24,26). The average Bonchev–Trinajstić information content (AvgIpc) is 2.79. The minimum Gasteiger partial charge on any atom is -0.341 e. The Labute approximate surface area is 221 Å². The highest BCUT2D eigenvalue weighted by Gasteiger charge is 2.55. The molecule has 0 bridgehead atoms. The van der Waals surface area contributed by atoms with Crippen LogP contribution in [-0.2, 0) is 40.4 Å². The third kappa shape index (κ3) is 5.23. The molecule has 2 atom stereocenters. The Balaban J connectivity index is 1.88. The van der Waals surface area contributed by atoms with Crippen LogP contribution in [0.25, 0.3) is 0 Å². The van der Waals surface area contributed by atoms with Crippen molar-refractivity contribution in [1.29, 1.82) is 0 Å². The number of nitrogens with one attached hydrogen (secondary N) is 3. The van der Waals surface area contributed by atoms with E-state index in [0.29, 0.717) is 12.8 Å². The smallest absolute Gasteiger partial charge is 0.286 e. The number of rotatable bonds is 8. The minimum atomic E-state index is -4.48. The summed E-state index contributed by atoms with van der Waals surface area (Å²) in [6, 6.07) is 9.76. The lowest BCUT2D eigenvalue weighted by Crippen LogP contribution is -2.60. The lowest BCUT2D eigenvalue weighted by atomic mass is 9.68. The maximum absolute atomic E-state index is 14.1. The molecule has 204 valence electrons. The molecule has 0 fully saturated rings. The van der Waals surface area contributed by atoms with Gasteiger partial charge in [-0.3, -0.25) is 14.3 Å². The average molecular weight is 583 g/mol. The summed E-state index contributed by atoms with van der Waals surface area (Å²) in [6.07, 6.45) is 2.89. The summed E-state index contributed by atoms with van der Waals surface area (Å²) in [5, 5.41) is 2.74. The molecule has 0 radical (unpaired) electrons. The lowest BCUT2D eigenvalue weighted by Gasteiger charge is -2.41. The van der Waals surface area contributed by atoms with Crippen molar-refractivity contribution in [3.8, 4) is 0 Å². The van der Waals surface area contributed by atoms with Crippen LogP contribution in [0.5, 0.6) is 0 Å². The van der Waals surface area contributed by atoms with Gasteiger partial charge in [0.25, 0.3) is 10.0 Å². The van der Waals surface area contributed by atoms with E-state index in [2.05, 4.69) is 19.2 Å². The number of fused-ring (bicyclic) bond motifs is 2. The van der Waals surface area contributed by atoms with Crippen LogP contribution in [0, 0.1) is 5.92 Å². The number of anilines is 2. The lowest BCUT2D eigenvalue weighted by molar-refractivity contribution is -0.126. The number of Topliss-reactive ketones (excluding diaryl/α,β-unsaturated/α-hetero) is 2. The molecule has 1 aliphatic heterocycles. The highest BCUT2D eigenvalue weighted by atomic mass is 32.2. The molecule has 2 aromatic carbocycles. The van der Waals surface area contributed by atoms with Crippen LogP contribution < -0.4 is 14.8 Å². The fraction of sp³-hybridized carbons (Fsp3) is 0.348. The van der Waals surface area contributed by atoms with Gasteiger partial charge in [0, 0.05) is 11.3 Å². The molecule has 3 N–H and O–H groups in total. The summed E-state index contributed by atoms with van der Waals surface area (Å²) in [5.74, 6) is -3.79. The van der Waals surface area contributed by atoms with Crippen molar-refractivity contribution in [3.63, 3.8) is 0 Å². The van der Waals surface area contributed by atoms with Crippen molar-refractivity contribution >= 4 is 58.8 Å². The summed E-state index contributed by atoms with van der Waals surface area (Å²) in [7, 11) is -12.1. The molecule has 0 amide bonds. The Bertz CT molecular complexity index is 1700. The normalized spacial score (nSPS) is 22.6. The predicted octanol–water partition coefficient (Wildman–Crippen LogP) is 1.59. The van der Waals surface area contributed by atoms with Gasteiger partial charge in [-0.2, -0.15) is 13.1 Å². The van der Waals surface area contributed by atoms with Crippen LogP contribution in [-0.4, -0.2) is 55.2 Å². The zero-order chi connectivity index (χ0) is 28.1. The molecule has 0 saturated heterocycles. The van der Waals surface area contributed by atoms with Gasteiger partial charge in [0.1, 0.15) is 22.2 Å². The molecule has 2 aliphatic rings. The van der Waals surface area contributed by atoms with Gasteiger partial charge in [-0.25, -0.2) is 16.8 Å². The van der Waals surface area contributed by atoms with E-state index in [9.17, 15) is 34.8 Å². The number of ketones is 2. The number of amidine groups is 1. The van der Waals surface area contributed by atoms with E-state index in [4.69, 9.17) is 0 Å². The second-order valence-corrected chi connectivity index (χ2v) is 14.3. The van der Waals surface area contributed by atoms with Gasteiger partial charge in [-0.1, -0.05) is 44.0 Å². The van der Waals surface area contributed by atoms with Crippen molar-refractivity contribution in [3.05, 3.63) is 53.6 Å². The first-order valence-corrected chi connectivity index (χ1v) is 16.7. The molecule has 0 aromatic heterocycles. The van der Waals surface area contributed by atoms with Gasteiger partial charge in [0.05, 0.1) is 18.2 Å². The first kappa shape index (κ1) is 27.9. The van der Waals surface area contributed by atoms with E-state index < -0.39 is 58.9 Å². The second-order valence-electron chi connectivity index (χ2n) is 9.25. The Morgan fingerprint density at radius 1 is 1.03 bits per heavy atom. The Morgan fingerprint density at radius 2 is 1.71 bits per heavy atom. The Hall–Kier alpha value is -3.14. The van der Waals surface area contributed by atoms with E-state index in [0.717, 1.165) is 18.6 Å². The van der Waals surface area contributed by atoms with Crippen LogP contribution in [0.3, 0.4) is 0 Å². The van der Waals surface area contributed by atoms with Crippen molar-refractivity contribution in [2.45, 2.75) is 36.6 Å². The number of hydrogen-bond donors (Lipinski definition) is 3. The molecule has 1 aliphatic carbocycles. The number of nitrogens with zero attached hydrogens (tertiary/aromatic N) is 1.